The van der Waals surface area contributed by atoms with Gasteiger partial charge in [-0.05, 0) is 48.9 Å². The summed E-state index contributed by atoms with van der Waals surface area (Å²) < 4.78 is 0. The Morgan fingerprint density at radius 1 is 1.03 bits per heavy atom. The van der Waals surface area contributed by atoms with Crippen molar-refractivity contribution in [3.8, 4) is 0 Å². The molecule has 2 aromatic carbocycles. The van der Waals surface area contributed by atoms with Crippen LogP contribution in [-0.2, 0) is 0 Å². The zero-order valence-corrected chi connectivity index (χ0v) is 15.7. The topological polar surface area (TPSA) is 135 Å². The van der Waals surface area contributed by atoms with Crippen molar-refractivity contribution in [2.24, 2.45) is 21.7 Å². The average molecular weight is 385 g/mol. The van der Waals surface area contributed by atoms with Gasteiger partial charge in [0.25, 0.3) is 5.91 Å². The van der Waals surface area contributed by atoms with E-state index in [4.69, 9.17) is 11.5 Å². The van der Waals surface area contributed by atoms with Crippen molar-refractivity contribution >= 4 is 45.1 Å². The highest BCUT2D eigenvalue weighted by Crippen LogP contribution is 2.21. The first-order valence-electron chi connectivity index (χ1n) is 8.92. The first-order valence-corrected chi connectivity index (χ1v) is 8.92. The molecule has 29 heavy (non-hydrogen) atoms. The number of fused-ring (bicyclic) bond motifs is 2. The van der Waals surface area contributed by atoms with Crippen LogP contribution in [0.25, 0.3) is 21.8 Å². The molecule has 2 aromatic heterocycles. The van der Waals surface area contributed by atoms with Crippen LogP contribution >= 0.6 is 0 Å². The van der Waals surface area contributed by atoms with E-state index in [1.807, 2.05) is 55.5 Å². The van der Waals surface area contributed by atoms with E-state index >= 15 is 0 Å². The number of anilines is 1. The molecule has 0 aliphatic heterocycles. The molecule has 6 N–H and O–H groups in total. The smallest absolute Gasteiger partial charge is 0.272 e. The number of hydrogen-bond acceptors (Lipinski definition) is 4. The van der Waals surface area contributed by atoms with Gasteiger partial charge in [-0.2, -0.15) is 5.10 Å². The number of rotatable bonds is 4. The van der Waals surface area contributed by atoms with Gasteiger partial charge in [-0.3, -0.25) is 9.78 Å². The minimum atomic E-state index is -0.232. The number of nitrogens with zero attached hydrogens (tertiary/aromatic N) is 3. The molecule has 0 saturated carbocycles. The molecule has 4 rings (SSSR count). The second-order valence-electron chi connectivity index (χ2n) is 6.56. The van der Waals surface area contributed by atoms with E-state index in [0.717, 1.165) is 27.4 Å². The molecular formula is C21H19N7O. The van der Waals surface area contributed by atoms with Gasteiger partial charge in [0, 0.05) is 28.2 Å². The van der Waals surface area contributed by atoms with Gasteiger partial charge in [-0.1, -0.05) is 18.2 Å². The van der Waals surface area contributed by atoms with Crippen molar-refractivity contribution in [1.29, 1.82) is 0 Å². The lowest BCUT2D eigenvalue weighted by Gasteiger charge is -2.05. The number of H-pyrrole nitrogens is 1. The largest absolute Gasteiger partial charge is 0.369 e. The van der Waals surface area contributed by atoms with Crippen LogP contribution in [0.2, 0.25) is 0 Å². The molecule has 0 unspecified atom stereocenters. The predicted molar refractivity (Wildman–Crippen MR) is 116 cm³/mol. The van der Waals surface area contributed by atoms with Crippen molar-refractivity contribution in [2.75, 3.05) is 5.32 Å². The fraction of sp³-hybridized carbons (Fsp3) is 0.0476. The molecule has 4 aromatic rings. The molecule has 8 nitrogen and oxygen atoms in total. The Morgan fingerprint density at radius 3 is 2.72 bits per heavy atom. The SMILES string of the molecule is C/C(=N/N=C(N)N)c1ccc2[nH]c(C(=O)Nc3ccc4cccnc4c3)cc2c1. The molecular weight excluding hydrogens is 366 g/mol. The van der Waals surface area contributed by atoms with Crippen LogP contribution in [0.1, 0.15) is 23.0 Å². The minimum Gasteiger partial charge on any atom is -0.369 e. The fourth-order valence-electron chi connectivity index (χ4n) is 3.01. The van der Waals surface area contributed by atoms with Crippen LogP contribution in [0.15, 0.2) is 71.0 Å². The molecule has 1 amide bonds. The number of nitrogens with one attached hydrogen (secondary N) is 2. The molecule has 0 aliphatic carbocycles. The van der Waals surface area contributed by atoms with E-state index in [9.17, 15) is 4.79 Å². The zero-order valence-electron chi connectivity index (χ0n) is 15.7. The Labute approximate surface area is 166 Å². The van der Waals surface area contributed by atoms with Crippen molar-refractivity contribution in [3.05, 3.63) is 72.1 Å². The quantitative estimate of drug-likeness (QED) is 0.244. The van der Waals surface area contributed by atoms with E-state index < -0.39 is 0 Å². The summed E-state index contributed by atoms with van der Waals surface area (Å²) in [5.74, 6) is -0.334. The van der Waals surface area contributed by atoms with Gasteiger partial charge in [0.1, 0.15) is 5.69 Å². The van der Waals surface area contributed by atoms with Gasteiger partial charge in [0.2, 0.25) is 5.96 Å². The highest BCUT2D eigenvalue weighted by Gasteiger charge is 2.11. The number of guanidine groups is 1. The number of nitrogens with two attached hydrogens (primary N) is 2. The Morgan fingerprint density at radius 2 is 1.90 bits per heavy atom. The van der Waals surface area contributed by atoms with E-state index in [1.54, 1.807) is 12.3 Å². The van der Waals surface area contributed by atoms with Gasteiger partial charge < -0.3 is 21.8 Å². The predicted octanol–water partition coefficient (Wildman–Crippen LogP) is 2.97. The Kier molecular flexibility index (Phi) is 4.66. The molecule has 0 spiro atoms. The summed E-state index contributed by atoms with van der Waals surface area (Å²) in [6.45, 7) is 1.81. The normalized spacial score (nSPS) is 11.6. The lowest BCUT2D eigenvalue weighted by atomic mass is 10.1. The average Bonchev–Trinajstić information content (AvgIpc) is 3.15. The lowest BCUT2D eigenvalue weighted by molar-refractivity contribution is 0.102. The summed E-state index contributed by atoms with van der Waals surface area (Å²) in [4.78, 5) is 20.1. The Balaban J connectivity index is 1.59. The van der Waals surface area contributed by atoms with Crippen LogP contribution in [-0.4, -0.2) is 27.5 Å². The summed E-state index contributed by atoms with van der Waals surface area (Å²) >= 11 is 0. The van der Waals surface area contributed by atoms with Gasteiger partial charge in [-0.15, -0.1) is 5.10 Å². The maximum atomic E-state index is 12.7. The number of aromatic nitrogens is 2. The second kappa shape index (κ2) is 7.43. The third-order valence-electron chi connectivity index (χ3n) is 4.46. The van der Waals surface area contributed by atoms with Gasteiger partial charge >= 0.3 is 0 Å². The highest BCUT2D eigenvalue weighted by molar-refractivity contribution is 6.08. The first-order chi connectivity index (χ1) is 14.0. The van der Waals surface area contributed by atoms with Gasteiger partial charge in [-0.25, -0.2) is 0 Å². The number of aromatic amines is 1. The van der Waals surface area contributed by atoms with E-state index in [1.165, 1.54) is 0 Å². The maximum absolute atomic E-state index is 12.7. The van der Waals surface area contributed by atoms with Gasteiger partial charge in [0.15, 0.2) is 0 Å². The molecule has 0 saturated heterocycles. The monoisotopic (exact) mass is 385 g/mol. The number of benzene rings is 2. The third kappa shape index (κ3) is 3.91. The molecule has 8 heteroatoms. The number of carbonyl (C=O) groups excluding carboxylic acids is 1. The van der Waals surface area contributed by atoms with Crippen LogP contribution < -0.4 is 16.8 Å². The summed E-state index contributed by atoms with van der Waals surface area (Å²) in [5, 5.41) is 12.4. The standard InChI is InChI=1S/C21H19N7O/c1-12(27-28-21(22)23)14-5-7-17-15(9-14)10-19(26-17)20(29)25-16-6-4-13-3-2-8-24-18(13)11-16/h2-11,26H,1H3,(H,25,29)(H4,22,23,28)/b27-12-. The van der Waals surface area contributed by atoms with Crippen LogP contribution in [0.4, 0.5) is 5.69 Å². The highest BCUT2D eigenvalue weighted by atomic mass is 16.1. The molecule has 0 radical (unpaired) electrons. The number of carbonyl (C=O) groups is 1. The molecule has 0 atom stereocenters. The molecule has 0 fully saturated rings. The molecule has 144 valence electrons. The van der Waals surface area contributed by atoms with Crippen molar-refractivity contribution in [3.63, 3.8) is 0 Å². The van der Waals surface area contributed by atoms with Crippen LogP contribution in [0.3, 0.4) is 0 Å². The summed E-state index contributed by atoms with van der Waals surface area (Å²) in [7, 11) is 0. The van der Waals surface area contributed by atoms with Crippen molar-refractivity contribution in [2.45, 2.75) is 6.92 Å². The van der Waals surface area contributed by atoms with Crippen molar-refractivity contribution < 1.29 is 4.79 Å². The third-order valence-corrected chi connectivity index (χ3v) is 4.46. The number of hydrogen-bond donors (Lipinski definition) is 4. The minimum absolute atomic E-state index is 0.102. The van der Waals surface area contributed by atoms with Gasteiger partial charge in [0.05, 0.1) is 11.2 Å². The Bertz CT molecular complexity index is 1280. The summed E-state index contributed by atoms with van der Waals surface area (Å²) in [5.41, 5.74) is 14.9. The number of pyridine rings is 1. The van der Waals surface area contributed by atoms with E-state index in [2.05, 4.69) is 25.5 Å². The van der Waals surface area contributed by atoms with E-state index in [0.29, 0.717) is 17.1 Å². The second-order valence-corrected chi connectivity index (χ2v) is 6.56. The maximum Gasteiger partial charge on any atom is 0.272 e. The van der Waals surface area contributed by atoms with Crippen molar-refractivity contribution in [1.82, 2.24) is 9.97 Å². The zero-order chi connectivity index (χ0) is 20.4. The Hall–Kier alpha value is -4.20. The molecule has 2 heterocycles. The first kappa shape index (κ1) is 18.2. The van der Waals surface area contributed by atoms with E-state index in [-0.39, 0.29) is 11.9 Å². The summed E-state index contributed by atoms with van der Waals surface area (Å²) in [6.07, 6.45) is 1.72. The molecule has 0 aliphatic rings. The number of amides is 1. The summed E-state index contributed by atoms with van der Waals surface area (Å²) in [6, 6.07) is 17.0. The molecule has 0 bridgehead atoms. The van der Waals surface area contributed by atoms with Crippen LogP contribution in [0.5, 0.6) is 0 Å². The van der Waals surface area contributed by atoms with Crippen LogP contribution in [0, 0.1) is 0 Å². The fourth-order valence-corrected chi connectivity index (χ4v) is 3.01. The lowest BCUT2D eigenvalue weighted by Crippen LogP contribution is -2.22.